The highest BCUT2D eigenvalue weighted by atomic mass is 16.1. The van der Waals surface area contributed by atoms with Gasteiger partial charge in [0.25, 0.3) is 5.91 Å². The van der Waals surface area contributed by atoms with Gasteiger partial charge in [-0.25, -0.2) is 0 Å². The van der Waals surface area contributed by atoms with Crippen LogP contribution in [0.25, 0.3) is 0 Å². The number of benzene rings is 2. The zero-order valence-electron chi connectivity index (χ0n) is 25.9. The minimum atomic E-state index is -0.0856. The van der Waals surface area contributed by atoms with Crippen LogP contribution in [0.5, 0.6) is 0 Å². The van der Waals surface area contributed by atoms with Crippen molar-refractivity contribution in [1.29, 1.82) is 0 Å². The Hall–Kier alpha value is -3.00. The molecule has 7 heteroatoms. The number of allylic oxidation sites excluding steroid dienone is 1. The molecule has 1 fully saturated rings. The molecule has 1 aliphatic rings. The molecular weight excluding hydrogens is 496 g/mol. The summed E-state index contributed by atoms with van der Waals surface area (Å²) in [5.74, 6) is 0.268. The number of rotatable bonds is 12. The molecule has 2 atom stereocenters. The molecule has 3 rings (SSSR count). The van der Waals surface area contributed by atoms with Crippen LogP contribution in [0, 0.1) is 12.8 Å². The molecule has 1 unspecified atom stereocenters. The van der Waals surface area contributed by atoms with E-state index in [0.29, 0.717) is 11.5 Å². The van der Waals surface area contributed by atoms with Crippen LogP contribution in [0.15, 0.2) is 59.4 Å². The summed E-state index contributed by atoms with van der Waals surface area (Å²) >= 11 is 0. The Kier molecular flexibility index (Phi) is 11.9. The Morgan fingerprint density at radius 3 is 2.45 bits per heavy atom. The molecule has 1 saturated heterocycles. The molecule has 2 N–H and O–H groups in total. The van der Waals surface area contributed by atoms with E-state index in [1.54, 1.807) is 0 Å². The van der Waals surface area contributed by atoms with Crippen molar-refractivity contribution in [2.24, 2.45) is 10.9 Å². The first kappa shape index (κ1) is 31.5. The maximum Gasteiger partial charge on any atom is 0.255 e. The van der Waals surface area contributed by atoms with Crippen LogP contribution in [0.4, 0.5) is 5.69 Å². The van der Waals surface area contributed by atoms with Crippen LogP contribution in [-0.4, -0.2) is 79.7 Å². The third kappa shape index (κ3) is 9.58. The van der Waals surface area contributed by atoms with E-state index in [9.17, 15) is 4.79 Å². The third-order valence-electron chi connectivity index (χ3n) is 7.64. The lowest BCUT2D eigenvalue weighted by atomic mass is 10.0. The zero-order chi connectivity index (χ0) is 29.2. The van der Waals surface area contributed by atoms with Gasteiger partial charge in [0.15, 0.2) is 0 Å². The van der Waals surface area contributed by atoms with E-state index in [4.69, 9.17) is 4.99 Å². The molecular formula is C33H50N6O. The number of aliphatic imine (C=N–C) groups is 1. The highest BCUT2D eigenvalue weighted by Crippen LogP contribution is 2.20. The molecule has 2 aromatic rings. The number of amides is 1. The smallest absolute Gasteiger partial charge is 0.255 e. The standard InChI is InChI=1S/C33H50N6O/c1-9-37(7)23-32(24(2)3)34-21-26(5)35-27(6)28-11-10-12-31(20-28)36-33(40)29-13-14-30(25(4)19-29)22-39-17-15-38(8)16-18-39/h10-14,19-21,23-24,26-27,35H,9,15-18,22H2,1-8H3,(H,36,40)/b32-23+,34-21?/t26?,27-/m0/s1. The van der Waals surface area contributed by atoms with Gasteiger partial charge in [-0.1, -0.05) is 32.0 Å². The van der Waals surface area contributed by atoms with Gasteiger partial charge in [0.05, 0.1) is 5.70 Å². The molecule has 0 spiro atoms. The van der Waals surface area contributed by atoms with E-state index in [2.05, 4.69) is 99.3 Å². The molecule has 1 aliphatic heterocycles. The predicted octanol–water partition coefficient (Wildman–Crippen LogP) is 5.55. The highest BCUT2D eigenvalue weighted by molar-refractivity contribution is 6.04. The van der Waals surface area contributed by atoms with Crippen LogP contribution in [0.3, 0.4) is 0 Å². The molecule has 218 valence electrons. The third-order valence-corrected chi connectivity index (χ3v) is 7.64. The number of anilines is 1. The summed E-state index contributed by atoms with van der Waals surface area (Å²) in [5, 5.41) is 6.70. The van der Waals surface area contributed by atoms with Gasteiger partial charge < -0.3 is 20.4 Å². The van der Waals surface area contributed by atoms with Gasteiger partial charge in [0, 0.05) is 82.1 Å². The fourth-order valence-corrected chi connectivity index (χ4v) is 4.73. The van der Waals surface area contributed by atoms with Gasteiger partial charge in [-0.2, -0.15) is 0 Å². The highest BCUT2D eigenvalue weighted by Gasteiger charge is 2.16. The minimum Gasteiger partial charge on any atom is -0.379 e. The summed E-state index contributed by atoms with van der Waals surface area (Å²) in [6.07, 6.45) is 4.10. The lowest BCUT2D eigenvalue weighted by Crippen LogP contribution is -2.43. The second-order valence-electron chi connectivity index (χ2n) is 11.5. The van der Waals surface area contributed by atoms with Crippen molar-refractivity contribution in [2.45, 2.75) is 60.2 Å². The minimum absolute atomic E-state index is 0.0856. The van der Waals surface area contributed by atoms with Crippen molar-refractivity contribution in [1.82, 2.24) is 20.0 Å². The maximum atomic E-state index is 13.1. The van der Waals surface area contributed by atoms with Crippen LogP contribution in [-0.2, 0) is 6.54 Å². The Morgan fingerprint density at radius 1 is 1.07 bits per heavy atom. The maximum absolute atomic E-state index is 13.1. The number of piperazine rings is 1. The molecule has 40 heavy (non-hydrogen) atoms. The second kappa shape index (κ2) is 15.1. The number of hydrogen-bond donors (Lipinski definition) is 2. The summed E-state index contributed by atoms with van der Waals surface area (Å²) < 4.78 is 0. The number of carbonyl (C=O) groups is 1. The summed E-state index contributed by atoms with van der Waals surface area (Å²) in [6, 6.07) is 14.3. The first-order valence-corrected chi connectivity index (χ1v) is 14.7. The Labute approximate surface area is 242 Å². The van der Waals surface area contributed by atoms with Crippen LogP contribution >= 0.6 is 0 Å². The molecule has 2 aromatic carbocycles. The topological polar surface area (TPSA) is 63.2 Å². The lowest BCUT2D eigenvalue weighted by Gasteiger charge is -2.32. The van der Waals surface area contributed by atoms with Gasteiger partial charge in [0.1, 0.15) is 0 Å². The summed E-state index contributed by atoms with van der Waals surface area (Å²) in [6.45, 7) is 19.1. The Bertz CT molecular complexity index is 1170. The summed E-state index contributed by atoms with van der Waals surface area (Å²) in [7, 11) is 4.24. The monoisotopic (exact) mass is 546 g/mol. The number of hydrogen-bond acceptors (Lipinski definition) is 6. The second-order valence-corrected chi connectivity index (χ2v) is 11.5. The fourth-order valence-electron chi connectivity index (χ4n) is 4.73. The quantitative estimate of drug-likeness (QED) is 0.342. The van der Waals surface area contributed by atoms with Crippen molar-refractivity contribution in [3.63, 3.8) is 0 Å². The van der Waals surface area contributed by atoms with Crippen molar-refractivity contribution >= 4 is 17.8 Å². The largest absolute Gasteiger partial charge is 0.379 e. The van der Waals surface area contributed by atoms with Gasteiger partial charge in [-0.3, -0.25) is 14.7 Å². The van der Waals surface area contributed by atoms with E-state index < -0.39 is 0 Å². The number of likely N-dealkylation sites (N-methyl/N-ethyl adjacent to an activating group) is 1. The number of carbonyl (C=O) groups excluding carboxylic acids is 1. The average molecular weight is 547 g/mol. The van der Waals surface area contributed by atoms with Crippen molar-refractivity contribution in [3.05, 3.63) is 76.6 Å². The zero-order valence-corrected chi connectivity index (χ0v) is 25.9. The van der Waals surface area contributed by atoms with Crippen molar-refractivity contribution in [2.75, 3.05) is 52.1 Å². The van der Waals surface area contributed by atoms with Gasteiger partial charge in [-0.05, 0) is 81.6 Å². The van der Waals surface area contributed by atoms with E-state index in [1.807, 2.05) is 36.5 Å². The molecule has 0 aromatic heterocycles. The first-order valence-electron chi connectivity index (χ1n) is 14.7. The molecule has 0 saturated carbocycles. The molecule has 0 bridgehead atoms. The van der Waals surface area contributed by atoms with E-state index in [-0.39, 0.29) is 18.0 Å². The normalized spacial score (nSPS) is 16.9. The first-order chi connectivity index (χ1) is 19.0. The molecule has 7 nitrogen and oxygen atoms in total. The van der Waals surface area contributed by atoms with E-state index >= 15 is 0 Å². The predicted molar refractivity (Wildman–Crippen MR) is 169 cm³/mol. The SMILES string of the molecule is CCN(C)/C=C(/N=CC(C)N[C@@H](C)c1cccc(NC(=O)c2ccc(CN3CCN(C)CC3)c(C)c2)c1)C(C)C. The van der Waals surface area contributed by atoms with Gasteiger partial charge in [0.2, 0.25) is 0 Å². The molecule has 1 heterocycles. The molecule has 0 aliphatic carbocycles. The van der Waals surface area contributed by atoms with Crippen molar-refractivity contribution in [3.8, 4) is 0 Å². The molecule has 1 amide bonds. The number of nitrogens with one attached hydrogen (secondary N) is 2. The van der Waals surface area contributed by atoms with Crippen LogP contribution in [0.2, 0.25) is 0 Å². The molecule has 0 radical (unpaired) electrons. The van der Waals surface area contributed by atoms with Gasteiger partial charge >= 0.3 is 0 Å². The van der Waals surface area contributed by atoms with Crippen molar-refractivity contribution < 1.29 is 4.79 Å². The number of aryl methyl sites for hydroxylation is 1. The summed E-state index contributed by atoms with van der Waals surface area (Å²) in [5.41, 5.74) is 6.10. The Balaban J connectivity index is 1.59. The Morgan fingerprint density at radius 2 is 1.80 bits per heavy atom. The van der Waals surface area contributed by atoms with Gasteiger partial charge in [-0.15, -0.1) is 0 Å². The van der Waals surface area contributed by atoms with E-state index in [1.165, 1.54) is 5.56 Å². The van der Waals surface area contributed by atoms with Crippen LogP contribution < -0.4 is 10.6 Å². The number of nitrogens with zero attached hydrogens (tertiary/aromatic N) is 4. The van der Waals surface area contributed by atoms with Crippen LogP contribution in [0.1, 0.15) is 67.7 Å². The fraction of sp³-hybridized carbons (Fsp3) is 0.515. The summed E-state index contributed by atoms with van der Waals surface area (Å²) in [4.78, 5) is 24.9. The average Bonchev–Trinajstić information content (AvgIpc) is 2.93. The van der Waals surface area contributed by atoms with E-state index in [0.717, 1.165) is 61.8 Å². The lowest BCUT2D eigenvalue weighted by molar-refractivity contribution is 0.102.